The van der Waals surface area contributed by atoms with Gasteiger partial charge in [-0.15, -0.1) is 0 Å². The molecule has 138 valence electrons. The molecule has 0 spiro atoms. The molecular formula is C19H26N5O2+. The molecule has 0 unspecified atom stereocenters. The number of hydrogen-bond acceptors (Lipinski definition) is 3. The minimum atomic E-state index is -0.0375. The third-order valence-electron chi connectivity index (χ3n) is 4.70. The van der Waals surface area contributed by atoms with Crippen LogP contribution in [0.25, 0.3) is 5.69 Å². The summed E-state index contributed by atoms with van der Waals surface area (Å²) in [5.74, 6) is 0.744. The Morgan fingerprint density at radius 2 is 1.81 bits per heavy atom. The number of hydrogen-bond donors (Lipinski definition) is 2. The van der Waals surface area contributed by atoms with Gasteiger partial charge in [0, 0.05) is 13.0 Å². The third kappa shape index (κ3) is 4.29. The second-order valence-electron chi connectivity index (χ2n) is 6.90. The first-order valence-electron chi connectivity index (χ1n) is 8.95. The summed E-state index contributed by atoms with van der Waals surface area (Å²) < 4.78 is 1.76. The third-order valence-corrected chi connectivity index (χ3v) is 4.70. The first kappa shape index (κ1) is 18.1. The quantitative estimate of drug-likeness (QED) is 0.821. The molecule has 2 aromatic rings. The van der Waals surface area contributed by atoms with Gasteiger partial charge in [-0.05, 0) is 26.0 Å². The number of rotatable bonds is 4. The van der Waals surface area contributed by atoms with Crippen LogP contribution < -0.4 is 10.2 Å². The average Bonchev–Trinajstić information content (AvgIpc) is 2.96. The number of anilines is 1. The summed E-state index contributed by atoms with van der Waals surface area (Å²) in [5, 5.41) is 7.48. The normalized spacial score (nSPS) is 15.1. The second-order valence-corrected chi connectivity index (χ2v) is 6.90. The Balaban J connectivity index is 1.63. The van der Waals surface area contributed by atoms with E-state index in [1.54, 1.807) is 11.6 Å². The highest BCUT2D eigenvalue weighted by molar-refractivity contribution is 5.91. The summed E-state index contributed by atoms with van der Waals surface area (Å²) in [6.45, 7) is 8.93. The van der Waals surface area contributed by atoms with Crippen molar-refractivity contribution in [2.45, 2.75) is 20.8 Å². The molecular weight excluding hydrogens is 330 g/mol. The maximum atomic E-state index is 12.5. The molecule has 0 bridgehead atoms. The number of aromatic nitrogens is 2. The van der Waals surface area contributed by atoms with E-state index in [0.717, 1.165) is 24.5 Å². The van der Waals surface area contributed by atoms with E-state index >= 15 is 0 Å². The SMILES string of the molecule is CC(=O)N1CC[NH+](CC(=O)Nc2cc(C)nn2-c2ccc(C)cc2)CC1. The molecule has 1 aromatic carbocycles. The van der Waals surface area contributed by atoms with Crippen molar-refractivity contribution < 1.29 is 14.5 Å². The van der Waals surface area contributed by atoms with Gasteiger partial charge < -0.3 is 15.1 Å². The zero-order valence-electron chi connectivity index (χ0n) is 15.6. The zero-order chi connectivity index (χ0) is 18.7. The summed E-state index contributed by atoms with van der Waals surface area (Å²) >= 11 is 0. The van der Waals surface area contributed by atoms with Gasteiger partial charge in [-0.2, -0.15) is 5.10 Å². The predicted molar refractivity (Wildman–Crippen MR) is 99.5 cm³/mol. The van der Waals surface area contributed by atoms with Gasteiger partial charge in [0.1, 0.15) is 5.82 Å². The van der Waals surface area contributed by atoms with Gasteiger partial charge in [0.25, 0.3) is 5.91 Å². The molecule has 0 aliphatic carbocycles. The van der Waals surface area contributed by atoms with Gasteiger partial charge in [-0.3, -0.25) is 9.59 Å². The lowest BCUT2D eigenvalue weighted by molar-refractivity contribution is -0.895. The summed E-state index contributed by atoms with van der Waals surface area (Å²) in [6, 6.07) is 9.90. The summed E-state index contributed by atoms with van der Waals surface area (Å²) in [6.07, 6.45) is 0. The number of amides is 2. The minimum absolute atomic E-state index is 0.0375. The standard InChI is InChI=1S/C19H25N5O2/c1-14-4-6-17(7-5-14)24-18(12-15(2)21-24)20-19(26)13-22-8-10-23(11-9-22)16(3)25/h4-7,12H,8-11,13H2,1-3H3,(H,20,26)/p+1. The van der Waals surface area contributed by atoms with Crippen LogP contribution in [0.15, 0.2) is 30.3 Å². The molecule has 2 N–H and O–H groups in total. The van der Waals surface area contributed by atoms with Gasteiger partial charge in [-0.1, -0.05) is 17.7 Å². The first-order chi connectivity index (χ1) is 12.4. The summed E-state index contributed by atoms with van der Waals surface area (Å²) in [7, 11) is 0. The minimum Gasteiger partial charge on any atom is -0.332 e. The molecule has 0 saturated carbocycles. The Morgan fingerprint density at radius 3 is 2.42 bits per heavy atom. The van der Waals surface area contributed by atoms with Crippen LogP contribution in [0, 0.1) is 13.8 Å². The molecule has 0 radical (unpaired) electrons. The highest BCUT2D eigenvalue weighted by atomic mass is 16.2. The van der Waals surface area contributed by atoms with Crippen molar-refractivity contribution in [1.82, 2.24) is 14.7 Å². The molecule has 2 amide bonds. The molecule has 7 heteroatoms. The van der Waals surface area contributed by atoms with Crippen molar-refractivity contribution in [3.63, 3.8) is 0 Å². The molecule has 1 aromatic heterocycles. The molecule has 3 rings (SSSR count). The fourth-order valence-corrected chi connectivity index (χ4v) is 3.20. The number of benzene rings is 1. The van der Waals surface area contributed by atoms with E-state index in [9.17, 15) is 9.59 Å². The van der Waals surface area contributed by atoms with Crippen LogP contribution in [0.1, 0.15) is 18.2 Å². The topological polar surface area (TPSA) is 71.7 Å². The second kappa shape index (κ2) is 7.70. The smallest absolute Gasteiger partial charge is 0.280 e. The van der Waals surface area contributed by atoms with Crippen LogP contribution in [0.3, 0.4) is 0 Å². The lowest BCUT2D eigenvalue weighted by atomic mass is 10.2. The van der Waals surface area contributed by atoms with E-state index in [1.165, 1.54) is 10.5 Å². The number of nitrogens with zero attached hydrogens (tertiary/aromatic N) is 3. The summed E-state index contributed by atoms with van der Waals surface area (Å²) in [4.78, 5) is 26.9. The number of piperazine rings is 1. The van der Waals surface area contributed by atoms with Gasteiger partial charge >= 0.3 is 0 Å². The van der Waals surface area contributed by atoms with Crippen molar-refractivity contribution >= 4 is 17.6 Å². The van der Waals surface area contributed by atoms with Crippen LogP contribution in [-0.2, 0) is 9.59 Å². The molecule has 1 fully saturated rings. The van der Waals surface area contributed by atoms with Crippen LogP contribution >= 0.6 is 0 Å². The first-order valence-corrected chi connectivity index (χ1v) is 8.95. The van der Waals surface area contributed by atoms with E-state index in [4.69, 9.17) is 0 Å². The Hall–Kier alpha value is -2.67. The molecule has 0 atom stereocenters. The van der Waals surface area contributed by atoms with Crippen LogP contribution in [0.4, 0.5) is 5.82 Å². The van der Waals surface area contributed by atoms with Crippen molar-refractivity contribution in [3.8, 4) is 5.69 Å². The van der Waals surface area contributed by atoms with Crippen molar-refractivity contribution in [3.05, 3.63) is 41.6 Å². The van der Waals surface area contributed by atoms with E-state index < -0.39 is 0 Å². The van der Waals surface area contributed by atoms with E-state index in [-0.39, 0.29) is 11.8 Å². The number of carbonyl (C=O) groups is 2. The molecule has 2 heterocycles. The van der Waals surface area contributed by atoms with Crippen LogP contribution in [-0.4, -0.2) is 59.2 Å². The van der Waals surface area contributed by atoms with Crippen molar-refractivity contribution in [2.24, 2.45) is 0 Å². The Morgan fingerprint density at radius 1 is 1.15 bits per heavy atom. The van der Waals surface area contributed by atoms with Gasteiger partial charge in [0.05, 0.1) is 37.6 Å². The van der Waals surface area contributed by atoms with Crippen molar-refractivity contribution in [1.29, 1.82) is 0 Å². The fourth-order valence-electron chi connectivity index (χ4n) is 3.20. The largest absolute Gasteiger partial charge is 0.332 e. The maximum Gasteiger partial charge on any atom is 0.280 e. The highest BCUT2D eigenvalue weighted by Crippen LogP contribution is 2.17. The highest BCUT2D eigenvalue weighted by Gasteiger charge is 2.24. The number of carbonyl (C=O) groups excluding carboxylic acids is 2. The van der Waals surface area contributed by atoms with E-state index in [2.05, 4.69) is 10.4 Å². The predicted octanol–water partition coefficient (Wildman–Crippen LogP) is 0.175. The van der Waals surface area contributed by atoms with Gasteiger partial charge in [0.2, 0.25) is 5.91 Å². The molecule has 1 saturated heterocycles. The van der Waals surface area contributed by atoms with E-state index in [1.807, 2.05) is 49.1 Å². The number of quaternary nitrogens is 1. The monoisotopic (exact) mass is 356 g/mol. The number of nitrogens with one attached hydrogen (secondary N) is 2. The van der Waals surface area contributed by atoms with Crippen LogP contribution in [0.5, 0.6) is 0 Å². The Bertz CT molecular complexity index is 789. The van der Waals surface area contributed by atoms with Crippen LogP contribution in [0.2, 0.25) is 0 Å². The Kier molecular flexibility index (Phi) is 5.37. The van der Waals surface area contributed by atoms with E-state index in [0.29, 0.717) is 25.5 Å². The average molecular weight is 356 g/mol. The molecule has 26 heavy (non-hydrogen) atoms. The fraction of sp³-hybridized carbons (Fsp3) is 0.421. The number of aryl methyl sites for hydroxylation is 2. The Labute approximate surface area is 153 Å². The zero-order valence-corrected chi connectivity index (χ0v) is 15.6. The van der Waals surface area contributed by atoms with Crippen molar-refractivity contribution in [2.75, 3.05) is 38.0 Å². The van der Waals surface area contributed by atoms with Gasteiger partial charge in [0.15, 0.2) is 6.54 Å². The maximum absolute atomic E-state index is 12.5. The summed E-state index contributed by atoms with van der Waals surface area (Å²) in [5.41, 5.74) is 2.95. The lowest BCUT2D eigenvalue weighted by Gasteiger charge is -2.31. The molecule has 1 aliphatic heterocycles. The molecule has 7 nitrogen and oxygen atoms in total. The van der Waals surface area contributed by atoms with Gasteiger partial charge in [-0.25, -0.2) is 4.68 Å². The lowest BCUT2D eigenvalue weighted by Crippen LogP contribution is -3.15. The molecule has 1 aliphatic rings.